The average molecular weight is 301 g/mol. The predicted molar refractivity (Wildman–Crippen MR) is 87.1 cm³/mol. The van der Waals surface area contributed by atoms with Crippen LogP contribution in [0.2, 0.25) is 0 Å². The van der Waals surface area contributed by atoms with Crippen LogP contribution in [0.3, 0.4) is 0 Å². The molecule has 3 nitrogen and oxygen atoms in total. The number of anilines is 1. The number of rotatable bonds is 5. The van der Waals surface area contributed by atoms with Crippen molar-refractivity contribution >= 4 is 15.7 Å². The van der Waals surface area contributed by atoms with Gasteiger partial charge in [0.2, 0.25) is 0 Å². The molecule has 0 spiro atoms. The Labute approximate surface area is 126 Å². The number of aryl methyl sites for hydroxylation is 2. The van der Waals surface area contributed by atoms with E-state index in [9.17, 15) is 8.42 Å². The maximum Gasteiger partial charge on any atom is 0.264 e. The van der Waals surface area contributed by atoms with E-state index < -0.39 is 10.0 Å². The predicted octanol–water partition coefficient (Wildman–Crippen LogP) is 3.68. The fraction of sp³-hybridized carbons (Fsp3) is 0.176. The Hall–Kier alpha value is -2.07. The lowest BCUT2D eigenvalue weighted by Crippen LogP contribution is -2.31. The summed E-state index contributed by atoms with van der Waals surface area (Å²) in [6.45, 7) is 7.77. The molecular weight excluding hydrogens is 282 g/mol. The second-order valence-electron chi connectivity index (χ2n) is 4.91. The minimum absolute atomic E-state index is 0.235. The molecule has 0 aliphatic carbocycles. The molecule has 0 atom stereocenters. The first-order valence-electron chi connectivity index (χ1n) is 6.73. The molecule has 0 saturated carbocycles. The fourth-order valence-electron chi connectivity index (χ4n) is 2.06. The van der Waals surface area contributed by atoms with E-state index in [-0.39, 0.29) is 6.54 Å². The van der Waals surface area contributed by atoms with E-state index >= 15 is 0 Å². The second-order valence-corrected chi connectivity index (χ2v) is 6.77. The number of hydrogen-bond donors (Lipinski definition) is 0. The largest absolute Gasteiger partial charge is 0.264 e. The lowest BCUT2D eigenvalue weighted by Gasteiger charge is -2.23. The number of nitrogens with zero attached hydrogens (tertiary/aromatic N) is 1. The van der Waals surface area contributed by atoms with Crippen molar-refractivity contribution in [2.24, 2.45) is 0 Å². The smallest absolute Gasteiger partial charge is 0.263 e. The molecule has 0 aliphatic rings. The molecule has 0 unspecified atom stereocenters. The molecule has 0 aliphatic heterocycles. The van der Waals surface area contributed by atoms with Gasteiger partial charge in [0.25, 0.3) is 10.0 Å². The number of benzene rings is 2. The van der Waals surface area contributed by atoms with E-state index in [1.807, 2.05) is 38.1 Å². The van der Waals surface area contributed by atoms with Gasteiger partial charge in [0.1, 0.15) is 0 Å². The van der Waals surface area contributed by atoms with Crippen molar-refractivity contribution in [2.45, 2.75) is 18.7 Å². The fourth-order valence-corrected chi connectivity index (χ4v) is 3.58. The van der Waals surface area contributed by atoms with Crippen LogP contribution in [0.4, 0.5) is 5.69 Å². The lowest BCUT2D eigenvalue weighted by molar-refractivity contribution is 0.592. The van der Waals surface area contributed by atoms with Gasteiger partial charge in [-0.15, -0.1) is 6.58 Å². The van der Waals surface area contributed by atoms with Crippen molar-refractivity contribution in [3.8, 4) is 0 Å². The third-order valence-electron chi connectivity index (χ3n) is 3.41. The lowest BCUT2D eigenvalue weighted by atomic mass is 10.1. The summed E-state index contributed by atoms with van der Waals surface area (Å²) in [5, 5.41) is 0. The summed E-state index contributed by atoms with van der Waals surface area (Å²) in [4.78, 5) is 0.302. The number of hydrogen-bond acceptors (Lipinski definition) is 2. The normalized spacial score (nSPS) is 11.1. The summed E-state index contributed by atoms with van der Waals surface area (Å²) in [5.41, 5.74) is 2.67. The first-order valence-corrected chi connectivity index (χ1v) is 8.17. The number of sulfonamides is 1. The van der Waals surface area contributed by atoms with Gasteiger partial charge in [0, 0.05) is 0 Å². The molecule has 2 aromatic carbocycles. The highest BCUT2D eigenvalue weighted by Gasteiger charge is 2.24. The highest BCUT2D eigenvalue weighted by Crippen LogP contribution is 2.24. The quantitative estimate of drug-likeness (QED) is 0.790. The Morgan fingerprint density at radius 1 is 1.05 bits per heavy atom. The van der Waals surface area contributed by atoms with Crippen LogP contribution < -0.4 is 4.31 Å². The van der Waals surface area contributed by atoms with Gasteiger partial charge in [0.15, 0.2) is 0 Å². The Balaban J connectivity index is 2.52. The van der Waals surface area contributed by atoms with E-state index in [1.54, 1.807) is 30.3 Å². The van der Waals surface area contributed by atoms with Gasteiger partial charge < -0.3 is 0 Å². The van der Waals surface area contributed by atoms with Crippen LogP contribution in [0.15, 0.2) is 66.1 Å². The highest BCUT2D eigenvalue weighted by molar-refractivity contribution is 7.92. The molecule has 4 heteroatoms. The summed E-state index contributed by atoms with van der Waals surface area (Å²) in [5.74, 6) is 0. The van der Waals surface area contributed by atoms with Crippen molar-refractivity contribution in [3.63, 3.8) is 0 Å². The Morgan fingerprint density at radius 2 is 1.71 bits per heavy atom. The van der Waals surface area contributed by atoms with Crippen LogP contribution >= 0.6 is 0 Å². The van der Waals surface area contributed by atoms with E-state index in [2.05, 4.69) is 6.58 Å². The third kappa shape index (κ3) is 3.16. The standard InChI is InChI=1S/C17H19NO2S/c1-4-12-18(16-8-6-5-7-9-16)21(19,20)17-11-10-14(2)15(3)13-17/h4-11,13H,1,12H2,2-3H3. The first-order chi connectivity index (χ1) is 9.96. The van der Waals surface area contributed by atoms with Crippen LogP contribution in [-0.2, 0) is 10.0 Å². The van der Waals surface area contributed by atoms with Gasteiger partial charge in [-0.05, 0) is 49.2 Å². The van der Waals surface area contributed by atoms with Crippen molar-refractivity contribution in [1.29, 1.82) is 0 Å². The van der Waals surface area contributed by atoms with Crippen LogP contribution in [-0.4, -0.2) is 15.0 Å². The summed E-state index contributed by atoms with van der Waals surface area (Å²) < 4.78 is 27.1. The minimum Gasteiger partial charge on any atom is -0.263 e. The summed E-state index contributed by atoms with van der Waals surface area (Å²) in [6, 6.07) is 14.3. The number of para-hydroxylation sites is 1. The minimum atomic E-state index is -3.59. The maximum absolute atomic E-state index is 12.9. The Kier molecular flexibility index (Phi) is 4.48. The SMILES string of the molecule is C=CCN(c1ccccc1)S(=O)(=O)c1ccc(C)c(C)c1. The molecule has 0 aromatic heterocycles. The van der Waals surface area contributed by atoms with Crippen molar-refractivity contribution in [2.75, 3.05) is 10.8 Å². The Morgan fingerprint density at radius 3 is 2.29 bits per heavy atom. The van der Waals surface area contributed by atoms with Crippen molar-refractivity contribution < 1.29 is 8.42 Å². The van der Waals surface area contributed by atoms with E-state index in [4.69, 9.17) is 0 Å². The molecule has 0 radical (unpaired) electrons. The van der Waals surface area contributed by atoms with E-state index in [0.29, 0.717) is 10.6 Å². The topological polar surface area (TPSA) is 37.4 Å². The molecule has 21 heavy (non-hydrogen) atoms. The van der Waals surface area contributed by atoms with Gasteiger partial charge >= 0.3 is 0 Å². The summed E-state index contributed by atoms with van der Waals surface area (Å²) in [7, 11) is -3.59. The molecule has 0 heterocycles. The van der Waals surface area contributed by atoms with Crippen LogP contribution in [0.5, 0.6) is 0 Å². The maximum atomic E-state index is 12.9. The Bertz CT molecular complexity index is 737. The summed E-state index contributed by atoms with van der Waals surface area (Å²) >= 11 is 0. The van der Waals surface area contributed by atoms with Crippen molar-refractivity contribution in [1.82, 2.24) is 0 Å². The monoisotopic (exact) mass is 301 g/mol. The molecule has 110 valence electrons. The third-order valence-corrected chi connectivity index (χ3v) is 5.20. The molecule has 0 saturated heterocycles. The molecule has 0 N–H and O–H groups in total. The van der Waals surface area contributed by atoms with Gasteiger partial charge in [-0.3, -0.25) is 4.31 Å². The molecular formula is C17H19NO2S. The molecule has 2 aromatic rings. The van der Waals surface area contributed by atoms with Crippen LogP contribution in [0, 0.1) is 13.8 Å². The van der Waals surface area contributed by atoms with Gasteiger partial charge in [-0.2, -0.15) is 0 Å². The van der Waals surface area contributed by atoms with Crippen molar-refractivity contribution in [3.05, 3.63) is 72.3 Å². The average Bonchev–Trinajstić information content (AvgIpc) is 2.48. The molecule has 0 fully saturated rings. The van der Waals surface area contributed by atoms with Crippen LogP contribution in [0.25, 0.3) is 0 Å². The summed E-state index contributed by atoms with van der Waals surface area (Å²) in [6.07, 6.45) is 1.59. The molecule has 2 rings (SSSR count). The highest BCUT2D eigenvalue weighted by atomic mass is 32.2. The van der Waals surface area contributed by atoms with Crippen LogP contribution in [0.1, 0.15) is 11.1 Å². The zero-order valence-electron chi connectivity index (χ0n) is 12.3. The zero-order chi connectivity index (χ0) is 15.5. The van der Waals surface area contributed by atoms with Gasteiger partial charge in [-0.1, -0.05) is 30.3 Å². The van der Waals surface area contributed by atoms with E-state index in [1.165, 1.54) is 4.31 Å². The molecule has 0 bridgehead atoms. The molecule has 0 amide bonds. The zero-order valence-corrected chi connectivity index (χ0v) is 13.1. The van der Waals surface area contributed by atoms with Gasteiger partial charge in [-0.25, -0.2) is 8.42 Å². The second kappa shape index (κ2) is 6.14. The van der Waals surface area contributed by atoms with E-state index in [0.717, 1.165) is 11.1 Å². The first kappa shape index (κ1) is 15.3. The van der Waals surface area contributed by atoms with Gasteiger partial charge in [0.05, 0.1) is 17.1 Å².